The topological polar surface area (TPSA) is 115 Å². The minimum absolute atomic E-state index is 0.0169. The zero-order valence-electron chi connectivity index (χ0n) is 21.8. The van der Waals surface area contributed by atoms with Crippen LogP contribution in [0, 0.1) is 5.82 Å². The second kappa shape index (κ2) is 12.6. The highest BCUT2D eigenvalue weighted by molar-refractivity contribution is 5.99. The van der Waals surface area contributed by atoms with E-state index in [1.165, 1.54) is 36.0 Å². The first-order chi connectivity index (χ1) is 17.6. The van der Waals surface area contributed by atoms with Crippen molar-refractivity contribution in [3.05, 3.63) is 29.6 Å². The number of carbonyl (C=O) groups is 4. The van der Waals surface area contributed by atoms with E-state index in [1.807, 2.05) is 19.0 Å². The van der Waals surface area contributed by atoms with Gasteiger partial charge in [0, 0.05) is 46.4 Å². The van der Waals surface area contributed by atoms with E-state index in [2.05, 4.69) is 10.3 Å². The molecular weight excluding hydrogens is 483 g/mol. The van der Waals surface area contributed by atoms with Gasteiger partial charge in [-0.25, -0.2) is 4.39 Å². The Morgan fingerprint density at radius 3 is 2.70 bits per heavy atom. The van der Waals surface area contributed by atoms with Gasteiger partial charge in [-0.2, -0.15) is 0 Å². The van der Waals surface area contributed by atoms with Gasteiger partial charge in [-0.1, -0.05) is 0 Å². The van der Waals surface area contributed by atoms with E-state index >= 15 is 0 Å². The maximum Gasteiger partial charge on any atom is 0.258 e. The number of fused-ring (bicyclic) bond motifs is 2. The second-order valence-corrected chi connectivity index (χ2v) is 9.48. The van der Waals surface area contributed by atoms with Crippen LogP contribution in [0.3, 0.4) is 0 Å². The fourth-order valence-electron chi connectivity index (χ4n) is 4.21. The maximum atomic E-state index is 14.2. The van der Waals surface area contributed by atoms with Gasteiger partial charge >= 0.3 is 0 Å². The lowest BCUT2D eigenvalue weighted by Crippen LogP contribution is -2.51. The van der Waals surface area contributed by atoms with Crippen LogP contribution >= 0.6 is 0 Å². The number of halogens is 1. The Morgan fingerprint density at radius 2 is 1.97 bits per heavy atom. The lowest BCUT2D eigenvalue weighted by atomic mass is 10.1. The van der Waals surface area contributed by atoms with Gasteiger partial charge < -0.3 is 29.7 Å². The molecule has 2 atom stereocenters. The zero-order valence-corrected chi connectivity index (χ0v) is 21.8. The van der Waals surface area contributed by atoms with Crippen molar-refractivity contribution in [1.29, 1.82) is 0 Å². The number of benzene rings is 1. The first kappa shape index (κ1) is 28.0. The van der Waals surface area contributed by atoms with Crippen molar-refractivity contribution >= 4 is 29.8 Å². The average molecular weight is 519 g/mol. The summed E-state index contributed by atoms with van der Waals surface area (Å²) in [4.78, 5) is 62.7. The molecule has 2 aliphatic rings. The largest absolute Gasteiger partial charge is 0.490 e. The molecule has 0 bridgehead atoms. The highest BCUT2D eigenvalue weighted by Crippen LogP contribution is 2.24. The molecule has 1 N–H and O–H groups in total. The van der Waals surface area contributed by atoms with E-state index in [9.17, 15) is 23.6 Å². The molecule has 1 aromatic rings. The molecule has 4 amide bonds. The van der Waals surface area contributed by atoms with Crippen LogP contribution in [-0.2, 0) is 14.4 Å². The molecular formula is C25H35FN6O5. The number of likely N-dealkylation sites (N-methyl/N-ethyl adjacent to an activating group) is 3. The summed E-state index contributed by atoms with van der Waals surface area (Å²) in [7, 11) is 6.71. The van der Waals surface area contributed by atoms with Gasteiger partial charge in [0.05, 0.1) is 18.7 Å². The summed E-state index contributed by atoms with van der Waals surface area (Å²) in [6.45, 7) is 1.56. The fourth-order valence-corrected chi connectivity index (χ4v) is 4.21. The van der Waals surface area contributed by atoms with Crippen molar-refractivity contribution in [1.82, 2.24) is 24.9 Å². The predicted octanol–water partition coefficient (Wildman–Crippen LogP) is -0.143. The Kier molecular flexibility index (Phi) is 9.56. The van der Waals surface area contributed by atoms with Crippen molar-refractivity contribution in [3.63, 3.8) is 0 Å². The van der Waals surface area contributed by atoms with Gasteiger partial charge in [0.2, 0.25) is 17.7 Å². The van der Waals surface area contributed by atoms with Gasteiger partial charge in [-0.15, -0.1) is 0 Å². The van der Waals surface area contributed by atoms with Crippen molar-refractivity contribution < 1.29 is 28.3 Å². The van der Waals surface area contributed by atoms with Crippen LogP contribution in [0.5, 0.6) is 5.75 Å². The highest BCUT2D eigenvalue weighted by Gasteiger charge is 2.32. The van der Waals surface area contributed by atoms with Crippen LogP contribution in [-0.4, -0.2) is 129 Å². The number of hydrogen-bond donors (Lipinski definition) is 1. The van der Waals surface area contributed by atoms with Crippen LogP contribution in [0.1, 0.15) is 23.2 Å². The summed E-state index contributed by atoms with van der Waals surface area (Å²) in [5.74, 6) is -2.17. The Morgan fingerprint density at radius 1 is 1.22 bits per heavy atom. The molecule has 0 fully saturated rings. The standard InChI is InChI=1S/C25H35FN6O5/c1-29(2)11-10-28-24(35)20-6-8-22(33)30(3)15-23(34)32-12-9-27-14-18(32)16-37-21-7-5-17(26)13-19(21)25(36)31(20)4/h5,7,13-14,18,20H,6,8-12,15-16H2,1-4H3,(H,28,35)/t18-,20-/m1/s1. The van der Waals surface area contributed by atoms with Crippen LogP contribution in [0.2, 0.25) is 0 Å². The van der Waals surface area contributed by atoms with E-state index < -0.39 is 29.7 Å². The lowest BCUT2D eigenvalue weighted by molar-refractivity contribution is -0.140. The van der Waals surface area contributed by atoms with Gasteiger partial charge in [0.15, 0.2) is 0 Å². The second-order valence-electron chi connectivity index (χ2n) is 9.48. The number of carbonyl (C=O) groups excluding carboxylic acids is 4. The predicted molar refractivity (Wildman–Crippen MR) is 135 cm³/mol. The SMILES string of the molecule is CN(C)CCNC(=O)[C@H]1CCC(=O)N(C)CC(=O)N2CCN=C[C@@H]2COc2ccc(F)cc2C(=O)N1C. The van der Waals surface area contributed by atoms with E-state index in [4.69, 9.17) is 4.74 Å². The minimum atomic E-state index is -0.998. The first-order valence-electron chi connectivity index (χ1n) is 12.2. The first-order valence-corrected chi connectivity index (χ1v) is 12.2. The number of ether oxygens (including phenoxy) is 1. The summed E-state index contributed by atoms with van der Waals surface area (Å²) >= 11 is 0. The summed E-state index contributed by atoms with van der Waals surface area (Å²) in [6, 6.07) is 2.07. The quantitative estimate of drug-likeness (QED) is 0.593. The smallest absolute Gasteiger partial charge is 0.258 e. The summed E-state index contributed by atoms with van der Waals surface area (Å²) in [5, 5.41) is 2.80. The molecule has 37 heavy (non-hydrogen) atoms. The lowest BCUT2D eigenvalue weighted by Gasteiger charge is -2.33. The minimum Gasteiger partial charge on any atom is -0.490 e. The Labute approximate surface area is 216 Å². The molecule has 1 aromatic carbocycles. The number of hydrogen-bond acceptors (Lipinski definition) is 7. The Balaban J connectivity index is 1.95. The summed E-state index contributed by atoms with van der Waals surface area (Å²) in [6.07, 6.45) is 1.56. The maximum absolute atomic E-state index is 14.2. The Hall–Kier alpha value is -3.54. The van der Waals surface area contributed by atoms with E-state index in [0.29, 0.717) is 26.2 Å². The van der Waals surface area contributed by atoms with E-state index in [0.717, 1.165) is 6.07 Å². The normalized spacial score (nSPS) is 21.7. The van der Waals surface area contributed by atoms with E-state index in [1.54, 1.807) is 11.1 Å². The number of nitrogens with one attached hydrogen (secondary N) is 1. The van der Waals surface area contributed by atoms with Crippen molar-refractivity contribution in [2.45, 2.75) is 24.9 Å². The molecule has 202 valence electrons. The molecule has 0 radical (unpaired) electrons. The summed E-state index contributed by atoms with van der Waals surface area (Å²) < 4.78 is 20.1. The highest BCUT2D eigenvalue weighted by atomic mass is 19.1. The molecule has 0 aliphatic carbocycles. The molecule has 3 rings (SSSR count). The number of amides is 4. The van der Waals surface area contributed by atoms with Crippen molar-refractivity contribution in [3.8, 4) is 5.75 Å². The number of nitrogens with zero attached hydrogens (tertiary/aromatic N) is 5. The van der Waals surface area contributed by atoms with Crippen LogP contribution < -0.4 is 10.1 Å². The number of aliphatic imine (C=N–C) groups is 1. The monoisotopic (exact) mass is 518 g/mol. The summed E-state index contributed by atoms with van der Waals surface area (Å²) in [5.41, 5.74) is -0.0578. The molecule has 0 unspecified atom stereocenters. The molecule has 0 spiro atoms. The van der Waals surface area contributed by atoms with Gasteiger partial charge in [0.1, 0.15) is 30.3 Å². The Bertz CT molecular complexity index is 1050. The third-order valence-corrected chi connectivity index (χ3v) is 6.43. The molecule has 0 saturated heterocycles. The van der Waals surface area contributed by atoms with Gasteiger partial charge in [-0.05, 0) is 38.7 Å². The molecule has 2 heterocycles. The average Bonchev–Trinajstić information content (AvgIpc) is 2.86. The third-order valence-electron chi connectivity index (χ3n) is 6.43. The van der Waals surface area contributed by atoms with Crippen LogP contribution in [0.4, 0.5) is 4.39 Å². The zero-order chi connectivity index (χ0) is 27.1. The van der Waals surface area contributed by atoms with Crippen molar-refractivity contribution in [2.75, 3.05) is 67.5 Å². The van der Waals surface area contributed by atoms with Crippen LogP contribution in [0.25, 0.3) is 0 Å². The van der Waals surface area contributed by atoms with E-state index in [-0.39, 0.29) is 49.1 Å². The molecule has 0 aromatic heterocycles. The van der Waals surface area contributed by atoms with Gasteiger partial charge in [-0.3, -0.25) is 24.2 Å². The molecule has 12 heteroatoms. The molecule has 2 aliphatic heterocycles. The fraction of sp³-hybridized carbons (Fsp3) is 0.560. The van der Waals surface area contributed by atoms with Gasteiger partial charge in [0.25, 0.3) is 5.91 Å². The molecule has 0 saturated carbocycles. The third kappa shape index (κ3) is 7.25. The number of rotatable bonds is 4. The molecule has 11 nitrogen and oxygen atoms in total. The van der Waals surface area contributed by atoms with Crippen LogP contribution in [0.15, 0.2) is 23.2 Å². The van der Waals surface area contributed by atoms with Crippen molar-refractivity contribution in [2.24, 2.45) is 4.99 Å².